The van der Waals surface area contributed by atoms with E-state index in [1.807, 2.05) is 36.2 Å². The van der Waals surface area contributed by atoms with E-state index in [1.54, 1.807) is 6.07 Å². The topological polar surface area (TPSA) is 29.3 Å². The van der Waals surface area contributed by atoms with Gasteiger partial charge in [0.1, 0.15) is 5.82 Å². The van der Waals surface area contributed by atoms with Gasteiger partial charge in [-0.1, -0.05) is 30.7 Å². The minimum absolute atomic E-state index is 0.146. The molecule has 0 fully saturated rings. The second-order valence-electron chi connectivity index (χ2n) is 5.20. The molecule has 1 atom stereocenters. The fourth-order valence-electron chi connectivity index (χ4n) is 2.22. The van der Waals surface area contributed by atoms with Crippen molar-refractivity contribution in [1.82, 2.24) is 0 Å². The molecule has 0 aliphatic heterocycles. The lowest BCUT2D eigenvalue weighted by Crippen LogP contribution is -2.21. The van der Waals surface area contributed by atoms with E-state index in [2.05, 4.69) is 6.92 Å². The highest BCUT2D eigenvalue weighted by Crippen LogP contribution is 2.31. The third kappa shape index (κ3) is 3.96. The van der Waals surface area contributed by atoms with Crippen LogP contribution in [0.3, 0.4) is 0 Å². The lowest BCUT2D eigenvalue weighted by molar-refractivity contribution is 0.628. The van der Waals surface area contributed by atoms with Gasteiger partial charge in [0.2, 0.25) is 0 Å². The van der Waals surface area contributed by atoms with Crippen LogP contribution in [0.1, 0.15) is 18.9 Å². The van der Waals surface area contributed by atoms with Crippen molar-refractivity contribution in [2.45, 2.75) is 25.8 Å². The predicted octanol–water partition coefficient (Wildman–Crippen LogP) is 4.53. The van der Waals surface area contributed by atoms with Crippen molar-refractivity contribution in [3.8, 4) is 0 Å². The van der Waals surface area contributed by atoms with Crippen molar-refractivity contribution in [2.24, 2.45) is 5.73 Å². The van der Waals surface area contributed by atoms with Crippen LogP contribution < -0.4 is 10.6 Å². The van der Waals surface area contributed by atoms with Crippen molar-refractivity contribution >= 4 is 23.0 Å². The lowest BCUT2D eigenvalue weighted by atomic mass is 10.0. The van der Waals surface area contributed by atoms with Gasteiger partial charge in [0.05, 0.1) is 10.7 Å². The summed E-state index contributed by atoms with van der Waals surface area (Å²) in [4.78, 5) is 1.87. The van der Waals surface area contributed by atoms with Crippen molar-refractivity contribution in [3.05, 3.63) is 58.9 Å². The number of anilines is 2. The molecule has 0 aliphatic rings. The number of nitrogens with two attached hydrogens (primary N) is 1. The summed E-state index contributed by atoms with van der Waals surface area (Å²) in [6.45, 7) is 2.07. The van der Waals surface area contributed by atoms with Crippen LogP contribution in [-0.4, -0.2) is 13.1 Å². The normalized spacial score (nSPS) is 12.2. The van der Waals surface area contributed by atoms with E-state index in [0.717, 1.165) is 29.8 Å². The minimum Gasteiger partial charge on any atom is -0.343 e. The number of hydrogen-bond donors (Lipinski definition) is 1. The van der Waals surface area contributed by atoms with E-state index >= 15 is 0 Å². The predicted molar refractivity (Wildman–Crippen MR) is 87.9 cm³/mol. The summed E-state index contributed by atoms with van der Waals surface area (Å²) in [5.74, 6) is -0.263. The number of hydrogen-bond acceptors (Lipinski definition) is 2. The maximum Gasteiger partial charge on any atom is 0.125 e. The number of benzene rings is 2. The monoisotopic (exact) mass is 306 g/mol. The fraction of sp³-hybridized carbons (Fsp3) is 0.294. The summed E-state index contributed by atoms with van der Waals surface area (Å²) in [5.41, 5.74) is 8.68. The van der Waals surface area contributed by atoms with Gasteiger partial charge in [0.15, 0.2) is 0 Å². The molecule has 0 spiro atoms. The Morgan fingerprint density at radius 2 is 2.00 bits per heavy atom. The molecule has 1 unspecified atom stereocenters. The van der Waals surface area contributed by atoms with Gasteiger partial charge < -0.3 is 10.6 Å². The summed E-state index contributed by atoms with van der Waals surface area (Å²) < 4.78 is 13.3. The molecule has 112 valence electrons. The molecule has 0 saturated carbocycles. The molecule has 2 nitrogen and oxygen atoms in total. The summed E-state index contributed by atoms with van der Waals surface area (Å²) in [5, 5.41) is 0.641. The fourth-order valence-corrected chi connectivity index (χ4v) is 2.55. The molecular weight excluding hydrogens is 287 g/mol. The first-order valence-electron chi connectivity index (χ1n) is 7.04. The smallest absolute Gasteiger partial charge is 0.125 e. The third-order valence-corrected chi connectivity index (χ3v) is 3.89. The van der Waals surface area contributed by atoms with Gasteiger partial charge in [-0.05, 0) is 48.7 Å². The molecule has 0 aromatic heterocycles. The Morgan fingerprint density at radius 1 is 1.24 bits per heavy atom. The van der Waals surface area contributed by atoms with Gasteiger partial charge in [-0.3, -0.25) is 0 Å². The summed E-state index contributed by atoms with van der Waals surface area (Å²) in [6, 6.07) is 12.5. The molecule has 2 N–H and O–H groups in total. The average molecular weight is 307 g/mol. The third-order valence-electron chi connectivity index (χ3n) is 3.59. The van der Waals surface area contributed by atoms with Gasteiger partial charge in [0, 0.05) is 18.8 Å². The molecule has 0 bridgehead atoms. The highest BCUT2D eigenvalue weighted by Gasteiger charge is 2.10. The molecule has 4 heteroatoms. The summed E-state index contributed by atoms with van der Waals surface area (Å²) in [7, 11) is 1.87. The molecule has 0 aliphatic carbocycles. The van der Waals surface area contributed by atoms with Crippen LogP contribution in [0.15, 0.2) is 42.5 Å². The van der Waals surface area contributed by atoms with Crippen LogP contribution in [-0.2, 0) is 6.42 Å². The van der Waals surface area contributed by atoms with Crippen molar-refractivity contribution in [3.63, 3.8) is 0 Å². The van der Waals surface area contributed by atoms with Gasteiger partial charge in [-0.15, -0.1) is 0 Å². The second kappa shape index (κ2) is 6.92. The molecule has 2 aromatic rings. The SMILES string of the molecule is CCC(N)Cc1ccc(N(C)c2cccc(F)c2)c(Cl)c1. The average Bonchev–Trinajstić information content (AvgIpc) is 2.46. The zero-order valence-electron chi connectivity index (χ0n) is 12.3. The lowest BCUT2D eigenvalue weighted by Gasteiger charge is -2.21. The van der Waals surface area contributed by atoms with E-state index in [9.17, 15) is 4.39 Å². The Kier molecular flexibility index (Phi) is 5.21. The second-order valence-corrected chi connectivity index (χ2v) is 5.60. The Balaban J connectivity index is 2.24. The standard InChI is InChI=1S/C17H20ClFN2/c1-3-14(20)9-12-7-8-17(16(18)10-12)21(2)15-6-4-5-13(19)11-15/h4-8,10-11,14H,3,9,20H2,1-2H3. The van der Waals surface area contributed by atoms with Crippen LogP contribution >= 0.6 is 11.6 Å². The van der Waals surface area contributed by atoms with E-state index in [1.165, 1.54) is 12.1 Å². The van der Waals surface area contributed by atoms with Crippen molar-refractivity contribution < 1.29 is 4.39 Å². The first-order chi connectivity index (χ1) is 10.0. The van der Waals surface area contributed by atoms with Crippen LogP contribution in [0, 0.1) is 5.82 Å². The van der Waals surface area contributed by atoms with E-state index in [4.69, 9.17) is 17.3 Å². The van der Waals surface area contributed by atoms with Crippen LogP contribution in [0.25, 0.3) is 0 Å². The zero-order valence-corrected chi connectivity index (χ0v) is 13.1. The minimum atomic E-state index is -0.263. The van der Waals surface area contributed by atoms with Crippen molar-refractivity contribution in [1.29, 1.82) is 0 Å². The molecule has 0 heterocycles. The highest BCUT2D eigenvalue weighted by molar-refractivity contribution is 6.33. The summed E-state index contributed by atoms with van der Waals surface area (Å²) >= 11 is 6.36. The Bertz CT molecular complexity index is 615. The molecular formula is C17H20ClFN2. The number of halogens is 2. The van der Waals surface area contributed by atoms with Crippen LogP contribution in [0.2, 0.25) is 5.02 Å². The molecule has 2 rings (SSSR count). The number of rotatable bonds is 5. The van der Waals surface area contributed by atoms with Gasteiger partial charge >= 0.3 is 0 Å². The van der Waals surface area contributed by atoms with Crippen LogP contribution in [0.4, 0.5) is 15.8 Å². The van der Waals surface area contributed by atoms with E-state index in [0.29, 0.717) is 5.02 Å². The quantitative estimate of drug-likeness (QED) is 0.879. The Morgan fingerprint density at radius 3 is 2.62 bits per heavy atom. The van der Waals surface area contributed by atoms with Gasteiger partial charge in [0.25, 0.3) is 0 Å². The maximum absolute atomic E-state index is 13.3. The zero-order chi connectivity index (χ0) is 15.4. The van der Waals surface area contributed by atoms with Crippen LogP contribution in [0.5, 0.6) is 0 Å². The van der Waals surface area contributed by atoms with Gasteiger partial charge in [-0.25, -0.2) is 4.39 Å². The van der Waals surface area contributed by atoms with E-state index in [-0.39, 0.29) is 11.9 Å². The molecule has 0 saturated heterocycles. The van der Waals surface area contributed by atoms with Gasteiger partial charge in [-0.2, -0.15) is 0 Å². The molecule has 0 amide bonds. The summed E-state index contributed by atoms with van der Waals surface area (Å²) in [6.07, 6.45) is 1.74. The van der Waals surface area contributed by atoms with Crippen molar-refractivity contribution in [2.75, 3.05) is 11.9 Å². The molecule has 21 heavy (non-hydrogen) atoms. The first-order valence-corrected chi connectivity index (χ1v) is 7.42. The maximum atomic E-state index is 13.3. The van der Waals surface area contributed by atoms with E-state index < -0.39 is 0 Å². The molecule has 2 aromatic carbocycles. The molecule has 0 radical (unpaired) electrons. The highest BCUT2D eigenvalue weighted by atomic mass is 35.5. The Hall–Kier alpha value is -1.58. The first kappa shape index (κ1) is 15.8. The largest absolute Gasteiger partial charge is 0.343 e. The Labute approximate surface area is 130 Å². The number of nitrogens with zero attached hydrogens (tertiary/aromatic N) is 1.